The van der Waals surface area contributed by atoms with Crippen LogP contribution in [0.2, 0.25) is 0 Å². The first-order chi connectivity index (χ1) is 8.21. The predicted octanol–water partition coefficient (Wildman–Crippen LogP) is 2.49. The highest BCUT2D eigenvalue weighted by atomic mass is 16.2. The van der Waals surface area contributed by atoms with Crippen molar-refractivity contribution in [3.8, 4) is 0 Å². The van der Waals surface area contributed by atoms with Gasteiger partial charge in [-0.1, -0.05) is 37.3 Å². The number of rotatable bonds is 4. The van der Waals surface area contributed by atoms with Crippen LogP contribution in [0, 0.1) is 11.8 Å². The molecule has 0 radical (unpaired) electrons. The molecular weight excluding hydrogens is 210 g/mol. The number of hydrogen-bond acceptors (Lipinski definition) is 1. The lowest BCUT2D eigenvalue weighted by atomic mass is 9.96. The van der Waals surface area contributed by atoms with E-state index in [1.165, 1.54) is 18.4 Å². The largest absolute Gasteiger partial charge is 0.355 e. The topological polar surface area (TPSA) is 29.1 Å². The van der Waals surface area contributed by atoms with Gasteiger partial charge in [0.25, 0.3) is 0 Å². The summed E-state index contributed by atoms with van der Waals surface area (Å²) >= 11 is 0. The summed E-state index contributed by atoms with van der Waals surface area (Å²) < 4.78 is 0. The van der Waals surface area contributed by atoms with E-state index in [-0.39, 0.29) is 11.3 Å². The lowest BCUT2D eigenvalue weighted by Crippen LogP contribution is -2.33. The maximum absolute atomic E-state index is 11.8. The first kappa shape index (κ1) is 10.8. The molecule has 2 unspecified atom stereocenters. The van der Waals surface area contributed by atoms with Crippen molar-refractivity contribution in [2.24, 2.45) is 11.8 Å². The molecule has 17 heavy (non-hydrogen) atoms. The quantitative estimate of drug-likeness (QED) is 0.844. The zero-order valence-electron chi connectivity index (χ0n) is 10.3. The van der Waals surface area contributed by atoms with Crippen LogP contribution in [0.3, 0.4) is 0 Å². The second-order valence-corrected chi connectivity index (χ2v) is 5.68. The van der Waals surface area contributed by atoms with Crippen molar-refractivity contribution in [2.75, 3.05) is 6.54 Å². The molecule has 2 nitrogen and oxygen atoms in total. The fourth-order valence-corrected chi connectivity index (χ4v) is 2.58. The molecule has 1 aromatic rings. The highest BCUT2D eigenvalue weighted by Gasteiger charge is 2.46. The van der Waals surface area contributed by atoms with Gasteiger partial charge in [-0.15, -0.1) is 0 Å². The monoisotopic (exact) mass is 229 g/mol. The lowest BCUT2D eigenvalue weighted by Gasteiger charge is -2.16. The normalized spacial score (nSPS) is 28.5. The van der Waals surface area contributed by atoms with Crippen molar-refractivity contribution in [1.82, 2.24) is 5.32 Å². The molecule has 1 aromatic carbocycles. The van der Waals surface area contributed by atoms with E-state index >= 15 is 0 Å². The Kier molecular flexibility index (Phi) is 2.46. The third kappa shape index (κ3) is 2.08. The molecule has 2 aliphatic carbocycles. The minimum atomic E-state index is 0.245. The van der Waals surface area contributed by atoms with Crippen molar-refractivity contribution < 1.29 is 4.79 Å². The summed E-state index contributed by atoms with van der Waals surface area (Å²) in [6, 6.07) is 10.6. The first-order valence-electron chi connectivity index (χ1n) is 6.54. The van der Waals surface area contributed by atoms with E-state index in [2.05, 4.69) is 36.5 Å². The summed E-state index contributed by atoms with van der Waals surface area (Å²) in [5.74, 6) is 1.16. The molecule has 0 aromatic heterocycles. The fraction of sp³-hybridized carbons (Fsp3) is 0.533. The molecule has 2 aliphatic rings. The van der Waals surface area contributed by atoms with E-state index in [9.17, 15) is 4.79 Å². The molecule has 2 fully saturated rings. The minimum Gasteiger partial charge on any atom is -0.355 e. The Bertz CT molecular complexity index is 422. The van der Waals surface area contributed by atoms with Crippen LogP contribution in [-0.4, -0.2) is 12.5 Å². The smallest absolute Gasteiger partial charge is 0.223 e. The summed E-state index contributed by atoms with van der Waals surface area (Å²) in [6.45, 7) is 2.97. The van der Waals surface area contributed by atoms with Crippen molar-refractivity contribution in [3.05, 3.63) is 35.9 Å². The molecule has 3 rings (SSSR count). The van der Waals surface area contributed by atoms with Gasteiger partial charge in [0.1, 0.15) is 0 Å². The third-order valence-electron chi connectivity index (χ3n) is 4.29. The van der Waals surface area contributed by atoms with Crippen molar-refractivity contribution in [3.63, 3.8) is 0 Å². The van der Waals surface area contributed by atoms with E-state index in [1.54, 1.807) is 0 Å². The second kappa shape index (κ2) is 3.86. The lowest BCUT2D eigenvalue weighted by molar-refractivity contribution is -0.122. The Morgan fingerprint density at radius 2 is 2.00 bits per heavy atom. The van der Waals surface area contributed by atoms with Gasteiger partial charge in [-0.25, -0.2) is 0 Å². The van der Waals surface area contributed by atoms with Crippen LogP contribution in [0.25, 0.3) is 0 Å². The molecule has 2 atom stereocenters. The highest BCUT2D eigenvalue weighted by Crippen LogP contribution is 2.47. The van der Waals surface area contributed by atoms with Crippen LogP contribution >= 0.6 is 0 Å². The SMILES string of the molecule is CC1CC1C(=O)NCC1(c2ccccc2)CC1. The molecule has 90 valence electrons. The molecule has 2 saturated carbocycles. The molecule has 0 saturated heterocycles. The molecular formula is C15H19NO. The van der Waals surface area contributed by atoms with Gasteiger partial charge in [0.2, 0.25) is 5.91 Å². The predicted molar refractivity (Wildman–Crippen MR) is 67.6 cm³/mol. The summed E-state index contributed by atoms with van der Waals surface area (Å²) in [5.41, 5.74) is 1.62. The first-order valence-corrected chi connectivity index (χ1v) is 6.54. The Morgan fingerprint density at radius 1 is 1.35 bits per heavy atom. The Balaban J connectivity index is 1.60. The van der Waals surface area contributed by atoms with E-state index in [0.29, 0.717) is 11.8 Å². The Hall–Kier alpha value is -1.31. The van der Waals surface area contributed by atoms with Crippen LogP contribution in [0.5, 0.6) is 0 Å². The van der Waals surface area contributed by atoms with Crippen molar-refractivity contribution in [2.45, 2.75) is 31.6 Å². The Labute approximate surface area is 102 Å². The maximum Gasteiger partial charge on any atom is 0.223 e. The van der Waals surface area contributed by atoms with Gasteiger partial charge in [0, 0.05) is 17.9 Å². The molecule has 2 heteroatoms. The number of amides is 1. The maximum atomic E-state index is 11.8. The zero-order valence-corrected chi connectivity index (χ0v) is 10.3. The molecule has 0 aliphatic heterocycles. The summed E-state index contributed by atoms with van der Waals surface area (Å²) in [6.07, 6.45) is 3.49. The van der Waals surface area contributed by atoms with Crippen LogP contribution in [-0.2, 0) is 10.2 Å². The van der Waals surface area contributed by atoms with Crippen LogP contribution < -0.4 is 5.32 Å². The third-order valence-corrected chi connectivity index (χ3v) is 4.29. The van der Waals surface area contributed by atoms with E-state index in [0.717, 1.165) is 13.0 Å². The molecule has 0 spiro atoms. The average molecular weight is 229 g/mol. The van der Waals surface area contributed by atoms with Gasteiger partial charge in [0.05, 0.1) is 0 Å². The van der Waals surface area contributed by atoms with E-state index in [4.69, 9.17) is 0 Å². The van der Waals surface area contributed by atoms with Gasteiger partial charge < -0.3 is 5.32 Å². The van der Waals surface area contributed by atoms with Gasteiger partial charge in [-0.05, 0) is 30.7 Å². The zero-order chi connectivity index (χ0) is 11.9. The molecule has 0 heterocycles. The van der Waals surface area contributed by atoms with E-state index < -0.39 is 0 Å². The summed E-state index contributed by atoms with van der Waals surface area (Å²) in [7, 11) is 0. The van der Waals surface area contributed by atoms with Crippen molar-refractivity contribution >= 4 is 5.91 Å². The van der Waals surface area contributed by atoms with Crippen LogP contribution in [0.1, 0.15) is 31.7 Å². The number of hydrogen-bond donors (Lipinski definition) is 1. The number of nitrogens with one attached hydrogen (secondary N) is 1. The van der Waals surface area contributed by atoms with Gasteiger partial charge in [0.15, 0.2) is 0 Å². The number of benzene rings is 1. The van der Waals surface area contributed by atoms with Gasteiger partial charge in [-0.3, -0.25) is 4.79 Å². The highest BCUT2D eigenvalue weighted by molar-refractivity contribution is 5.81. The summed E-state index contributed by atoms with van der Waals surface area (Å²) in [4.78, 5) is 11.8. The van der Waals surface area contributed by atoms with Crippen molar-refractivity contribution in [1.29, 1.82) is 0 Å². The van der Waals surface area contributed by atoms with Crippen LogP contribution in [0.4, 0.5) is 0 Å². The molecule has 0 bridgehead atoms. The van der Waals surface area contributed by atoms with Crippen LogP contribution in [0.15, 0.2) is 30.3 Å². The number of carbonyl (C=O) groups excluding carboxylic acids is 1. The van der Waals surface area contributed by atoms with Gasteiger partial charge in [-0.2, -0.15) is 0 Å². The fourth-order valence-electron chi connectivity index (χ4n) is 2.58. The average Bonchev–Trinajstić information content (AvgIpc) is 3.25. The van der Waals surface area contributed by atoms with E-state index in [1.807, 2.05) is 6.07 Å². The summed E-state index contributed by atoms with van der Waals surface area (Å²) in [5, 5.41) is 3.14. The number of carbonyl (C=O) groups is 1. The second-order valence-electron chi connectivity index (χ2n) is 5.68. The molecule has 1 N–H and O–H groups in total. The molecule has 1 amide bonds. The standard InChI is InChI=1S/C15H19NO/c1-11-9-13(11)14(17)16-10-15(7-8-15)12-5-3-2-4-6-12/h2-6,11,13H,7-10H2,1H3,(H,16,17). The minimum absolute atomic E-state index is 0.245. The van der Waals surface area contributed by atoms with Gasteiger partial charge >= 0.3 is 0 Å². The Morgan fingerprint density at radius 3 is 2.53 bits per heavy atom.